The highest BCUT2D eigenvalue weighted by atomic mass is 35.5. The summed E-state index contributed by atoms with van der Waals surface area (Å²) in [6.45, 7) is -0.0872. The summed E-state index contributed by atoms with van der Waals surface area (Å²) < 4.78 is 17.0. The lowest BCUT2D eigenvalue weighted by atomic mass is 10.2. The Kier molecular flexibility index (Phi) is 6.50. The molecule has 0 spiro atoms. The molecular weight excluding hydrogens is 437 g/mol. The van der Waals surface area contributed by atoms with Gasteiger partial charge in [0.25, 0.3) is 5.56 Å². The van der Waals surface area contributed by atoms with E-state index in [-0.39, 0.29) is 36.2 Å². The first-order valence-electron chi connectivity index (χ1n) is 9.96. The maximum Gasteiger partial charge on any atom is 0.266 e. The maximum absolute atomic E-state index is 14.0. The molecule has 0 saturated heterocycles. The Morgan fingerprint density at radius 2 is 2.00 bits per heavy atom. The Labute approximate surface area is 187 Å². The number of halogens is 2. The highest BCUT2D eigenvalue weighted by molar-refractivity contribution is 6.32. The van der Waals surface area contributed by atoms with Gasteiger partial charge in [-0.05, 0) is 18.6 Å². The van der Waals surface area contributed by atoms with Crippen LogP contribution in [0.2, 0.25) is 5.02 Å². The summed E-state index contributed by atoms with van der Waals surface area (Å²) in [7, 11) is 0. The number of anilines is 1. The number of pyridine rings is 2. The van der Waals surface area contributed by atoms with Gasteiger partial charge in [0.15, 0.2) is 0 Å². The van der Waals surface area contributed by atoms with Crippen LogP contribution < -0.4 is 10.9 Å². The van der Waals surface area contributed by atoms with Crippen molar-refractivity contribution in [2.75, 3.05) is 18.5 Å². The van der Waals surface area contributed by atoms with Gasteiger partial charge >= 0.3 is 0 Å². The fraction of sp³-hybridized carbons (Fsp3) is 0.227. The average Bonchev–Trinajstić information content (AvgIpc) is 3.20. The SMILES string of the molecule is O=c1c2cnn(Cc3ccccc3F)c2ccn1-c1cc(NC(CO)CCO)ncc1Cl. The summed E-state index contributed by atoms with van der Waals surface area (Å²) in [4.78, 5) is 17.4. The van der Waals surface area contributed by atoms with Crippen LogP contribution in [-0.4, -0.2) is 48.8 Å². The van der Waals surface area contributed by atoms with Gasteiger partial charge in [0.2, 0.25) is 0 Å². The van der Waals surface area contributed by atoms with E-state index in [4.69, 9.17) is 16.7 Å². The minimum absolute atomic E-state index is 0.0916. The van der Waals surface area contributed by atoms with Crippen LogP contribution in [0.3, 0.4) is 0 Å². The van der Waals surface area contributed by atoms with Crippen molar-refractivity contribution in [3.8, 4) is 5.69 Å². The lowest BCUT2D eigenvalue weighted by molar-refractivity contribution is 0.228. The predicted octanol–water partition coefficient (Wildman–Crippen LogP) is 2.58. The molecule has 0 aliphatic carbocycles. The predicted molar refractivity (Wildman–Crippen MR) is 120 cm³/mol. The zero-order valence-corrected chi connectivity index (χ0v) is 17.7. The Morgan fingerprint density at radius 3 is 2.75 bits per heavy atom. The third-order valence-electron chi connectivity index (χ3n) is 5.13. The van der Waals surface area contributed by atoms with E-state index < -0.39 is 6.04 Å². The van der Waals surface area contributed by atoms with Crippen molar-refractivity contribution in [1.29, 1.82) is 0 Å². The van der Waals surface area contributed by atoms with Crippen LogP contribution in [0.4, 0.5) is 10.2 Å². The van der Waals surface area contributed by atoms with E-state index in [1.807, 2.05) is 0 Å². The van der Waals surface area contributed by atoms with Gasteiger partial charge in [-0.15, -0.1) is 0 Å². The van der Waals surface area contributed by atoms with Crippen LogP contribution in [0.15, 0.2) is 59.8 Å². The Hall–Kier alpha value is -3.27. The maximum atomic E-state index is 14.0. The molecule has 32 heavy (non-hydrogen) atoms. The molecule has 0 saturated carbocycles. The lowest BCUT2D eigenvalue weighted by Crippen LogP contribution is -2.26. The molecule has 1 unspecified atom stereocenters. The monoisotopic (exact) mass is 457 g/mol. The molecule has 10 heteroatoms. The van der Waals surface area contributed by atoms with Crippen LogP contribution in [-0.2, 0) is 6.54 Å². The first kappa shape index (κ1) is 21.9. The highest BCUT2D eigenvalue weighted by Gasteiger charge is 2.15. The molecule has 0 bridgehead atoms. The fourth-order valence-corrected chi connectivity index (χ4v) is 3.64. The summed E-state index contributed by atoms with van der Waals surface area (Å²) in [5.74, 6) is 0.0645. The number of hydrogen-bond donors (Lipinski definition) is 3. The van der Waals surface area contributed by atoms with Gasteiger partial charge in [-0.3, -0.25) is 14.0 Å². The van der Waals surface area contributed by atoms with Gasteiger partial charge < -0.3 is 15.5 Å². The van der Waals surface area contributed by atoms with E-state index in [0.717, 1.165) is 0 Å². The number of aromatic nitrogens is 4. The first-order chi connectivity index (χ1) is 15.5. The summed E-state index contributed by atoms with van der Waals surface area (Å²) in [6, 6.07) is 9.34. The molecule has 0 aliphatic rings. The Morgan fingerprint density at radius 1 is 1.19 bits per heavy atom. The van der Waals surface area contributed by atoms with E-state index in [1.165, 1.54) is 23.0 Å². The number of aliphatic hydroxyl groups excluding tert-OH is 2. The molecule has 0 aliphatic heterocycles. The number of fused-ring (bicyclic) bond motifs is 1. The number of nitrogens with zero attached hydrogens (tertiary/aromatic N) is 4. The van der Waals surface area contributed by atoms with Crippen molar-refractivity contribution in [3.63, 3.8) is 0 Å². The molecule has 4 aromatic rings. The van der Waals surface area contributed by atoms with Gasteiger partial charge in [-0.1, -0.05) is 29.8 Å². The van der Waals surface area contributed by atoms with Crippen LogP contribution in [0.5, 0.6) is 0 Å². The van der Waals surface area contributed by atoms with Crippen molar-refractivity contribution in [3.05, 3.63) is 81.7 Å². The van der Waals surface area contributed by atoms with E-state index in [0.29, 0.717) is 34.4 Å². The molecule has 3 heterocycles. The lowest BCUT2D eigenvalue weighted by Gasteiger charge is -2.17. The van der Waals surface area contributed by atoms with Gasteiger partial charge in [-0.25, -0.2) is 9.37 Å². The second-order valence-electron chi connectivity index (χ2n) is 7.24. The Balaban J connectivity index is 1.70. The molecule has 3 aromatic heterocycles. The van der Waals surface area contributed by atoms with Gasteiger partial charge in [0, 0.05) is 24.4 Å². The molecule has 0 fully saturated rings. The molecule has 1 atom stereocenters. The third-order valence-corrected chi connectivity index (χ3v) is 5.42. The summed E-state index contributed by atoms with van der Waals surface area (Å²) in [5, 5.41) is 26.4. The molecule has 3 N–H and O–H groups in total. The van der Waals surface area contributed by atoms with Crippen LogP contribution in [0, 0.1) is 5.82 Å². The van der Waals surface area contributed by atoms with Gasteiger partial charge in [-0.2, -0.15) is 5.10 Å². The minimum Gasteiger partial charge on any atom is -0.396 e. The number of aliphatic hydroxyl groups is 2. The second kappa shape index (κ2) is 9.47. The number of benzene rings is 1. The Bertz CT molecular complexity index is 1310. The first-order valence-corrected chi connectivity index (χ1v) is 10.3. The van der Waals surface area contributed by atoms with E-state index in [2.05, 4.69) is 15.4 Å². The molecule has 0 radical (unpaired) electrons. The van der Waals surface area contributed by atoms with Crippen molar-refractivity contribution in [1.82, 2.24) is 19.3 Å². The van der Waals surface area contributed by atoms with Crippen molar-refractivity contribution in [2.24, 2.45) is 0 Å². The summed E-state index contributed by atoms with van der Waals surface area (Å²) in [6.07, 6.45) is 4.77. The molecule has 1 aromatic carbocycles. The fourth-order valence-electron chi connectivity index (χ4n) is 3.45. The highest BCUT2D eigenvalue weighted by Crippen LogP contribution is 2.23. The van der Waals surface area contributed by atoms with Crippen molar-refractivity contribution >= 4 is 28.3 Å². The zero-order chi connectivity index (χ0) is 22.7. The molecule has 0 amide bonds. The van der Waals surface area contributed by atoms with Gasteiger partial charge in [0.1, 0.15) is 11.6 Å². The van der Waals surface area contributed by atoms with E-state index in [9.17, 15) is 14.3 Å². The topological polar surface area (TPSA) is 105 Å². The van der Waals surface area contributed by atoms with Crippen molar-refractivity contribution in [2.45, 2.75) is 19.0 Å². The quantitative estimate of drug-likeness (QED) is 0.375. The summed E-state index contributed by atoms with van der Waals surface area (Å²) in [5.41, 5.74) is 1.10. The molecule has 4 rings (SSSR count). The molecular formula is C22H21ClFN5O3. The van der Waals surface area contributed by atoms with E-state index >= 15 is 0 Å². The minimum atomic E-state index is -0.391. The largest absolute Gasteiger partial charge is 0.396 e. The molecule has 166 valence electrons. The van der Waals surface area contributed by atoms with Crippen LogP contribution in [0.25, 0.3) is 16.6 Å². The van der Waals surface area contributed by atoms with Crippen LogP contribution in [0.1, 0.15) is 12.0 Å². The normalized spacial score (nSPS) is 12.2. The number of rotatable bonds is 8. The number of hydrogen-bond acceptors (Lipinski definition) is 6. The third kappa shape index (κ3) is 4.36. The van der Waals surface area contributed by atoms with E-state index in [1.54, 1.807) is 41.2 Å². The second-order valence-corrected chi connectivity index (χ2v) is 7.65. The number of nitrogens with one attached hydrogen (secondary N) is 1. The summed E-state index contributed by atoms with van der Waals surface area (Å²) >= 11 is 6.31. The van der Waals surface area contributed by atoms with Crippen LogP contribution >= 0.6 is 11.6 Å². The zero-order valence-electron chi connectivity index (χ0n) is 16.9. The smallest absolute Gasteiger partial charge is 0.266 e. The van der Waals surface area contributed by atoms with Crippen molar-refractivity contribution < 1.29 is 14.6 Å². The molecule has 8 nitrogen and oxygen atoms in total. The average molecular weight is 458 g/mol. The van der Waals surface area contributed by atoms with Gasteiger partial charge in [0.05, 0.1) is 53.2 Å². The standard InChI is InChI=1S/C22H21ClFN5O3/c23-17-11-25-21(27-15(13-31)6-8-30)9-20(17)28-7-5-19-16(22(28)32)10-26-29(19)12-14-3-1-2-4-18(14)24/h1-5,7,9-11,15,30-31H,6,8,12-13H2,(H,25,27).